The molecule has 1 saturated carbocycles. The van der Waals surface area contributed by atoms with E-state index in [1.165, 1.54) is 18.3 Å². The Kier molecular flexibility index (Phi) is 4.47. The molecule has 0 aromatic carbocycles. The Balaban J connectivity index is 2.09. The number of carbonyl (C=O) groups excluding carboxylic acids is 1. The first-order valence-electron chi connectivity index (χ1n) is 6.79. The number of halogens is 1. The van der Waals surface area contributed by atoms with Gasteiger partial charge in [0.1, 0.15) is 0 Å². The van der Waals surface area contributed by atoms with Crippen molar-refractivity contribution in [2.75, 3.05) is 11.9 Å². The van der Waals surface area contributed by atoms with E-state index in [0.29, 0.717) is 12.2 Å². The van der Waals surface area contributed by atoms with Gasteiger partial charge in [-0.15, -0.1) is 0 Å². The number of nitrogens with two attached hydrogens (primary N) is 1. The van der Waals surface area contributed by atoms with E-state index in [9.17, 15) is 9.18 Å². The van der Waals surface area contributed by atoms with Crippen molar-refractivity contribution in [2.24, 2.45) is 11.1 Å². The van der Waals surface area contributed by atoms with E-state index in [4.69, 9.17) is 5.73 Å². The van der Waals surface area contributed by atoms with Crippen molar-refractivity contribution in [2.45, 2.75) is 38.5 Å². The Morgan fingerprint density at radius 3 is 2.53 bits per heavy atom. The molecule has 2 rings (SSSR count). The SMILES string of the molecule is NCC1(C(=O)Nc2ccc(F)nc2)CCCCCC1. The van der Waals surface area contributed by atoms with Gasteiger partial charge in [-0.2, -0.15) is 4.39 Å². The van der Waals surface area contributed by atoms with Gasteiger partial charge in [0.2, 0.25) is 11.9 Å². The number of hydrogen-bond donors (Lipinski definition) is 2. The summed E-state index contributed by atoms with van der Waals surface area (Å²) in [6.07, 6.45) is 7.36. The molecular formula is C14H20FN3O. The Labute approximate surface area is 112 Å². The van der Waals surface area contributed by atoms with E-state index in [-0.39, 0.29) is 5.91 Å². The third-order valence-corrected chi connectivity index (χ3v) is 3.92. The number of rotatable bonds is 3. The van der Waals surface area contributed by atoms with Gasteiger partial charge in [-0.05, 0) is 25.0 Å². The Bertz CT molecular complexity index is 425. The lowest BCUT2D eigenvalue weighted by Gasteiger charge is -2.29. The number of amides is 1. The topological polar surface area (TPSA) is 68.0 Å². The van der Waals surface area contributed by atoms with Gasteiger partial charge >= 0.3 is 0 Å². The van der Waals surface area contributed by atoms with E-state index in [1.54, 1.807) is 0 Å². The van der Waals surface area contributed by atoms with Crippen molar-refractivity contribution in [1.29, 1.82) is 0 Å². The highest BCUT2D eigenvalue weighted by molar-refractivity contribution is 5.95. The van der Waals surface area contributed by atoms with Crippen LogP contribution in [0.1, 0.15) is 38.5 Å². The molecule has 19 heavy (non-hydrogen) atoms. The average molecular weight is 265 g/mol. The molecule has 0 bridgehead atoms. The molecule has 3 N–H and O–H groups in total. The van der Waals surface area contributed by atoms with Crippen LogP contribution in [0.2, 0.25) is 0 Å². The first-order valence-corrected chi connectivity index (χ1v) is 6.79. The maximum Gasteiger partial charge on any atom is 0.231 e. The zero-order valence-corrected chi connectivity index (χ0v) is 11.0. The van der Waals surface area contributed by atoms with E-state index in [2.05, 4.69) is 10.3 Å². The van der Waals surface area contributed by atoms with E-state index in [0.717, 1.165) is 38.5 Å². The van der Waals surface area contributed by atoms with Crippen LogP contribution < -0.4 is 11.1 Å². The second-order valence-corrected chi connectivity index (χ2v) is 5.22. The maximum absolute atomic E-state index is 12.7. The summed E-state index contributed by atoms with van der Waals surface area (Å²) in [5, 5.41) is 2.81. The molecule has 1 aromatic rings. The fraction of sp³-hybridized carbons (Fsp3) is 0.571. The summed E-state index contributed by atoms with van der Waals surface area (Å²) < 4.78 is 12.7. The Hall–Kier alpha value is -1.49. The standard InChI is InChI=1S/C14H20FN3O/c15-12-6-5-11(9-17-12)18-13(19)14(10-16)7-3-1-2-4-8-14/h5-6,9H,1-4,7-8,10,16H2,(H,18,19). The summed E-state index contributed by atoms with van der Waals surface area (Å²) >= 11 is 0. The third kappa shape index (κ3) is 3.29. The average Bonchev–Trinajstić information content (AvgIpc) is 2.67. The lowest BCUT2D eigenvalue weighted by Crippen LogP contribution is -2.42. The highest BCUT2D eigenvalue weighted by Gasteiger charge is 2.37. The van der Waals surface area contributed by atoms with Crippen molar-refractivity contribution in [3.8, 4) is 0 Å². The molecule has 1 aliphatic carbocycles. The number of nitrogens with zero attached hydrogens (tertiary/aromatic N) is 1. The molecule has 4 nitrogen and oxygen atoms in total. The number of hydrogen-bond acceptors (Lipinski definition) is 3. The molecule has 0 atom stereocenters. The van der Waals surface area contributed by atoms with Crippen LogP contribution in [0.5, 0.6) is 0 Å². The van der Waals surface area contributed by atoms with Crippen LogP contribution in [0, 0.1) is 11.4 Å². The van der Waals surface area contributed by atoms with Crippen LogP contribution in [-0.4, -0.2) is 17.4 Å². The first-order chi connectivity index (χ1) is 9.16. The van der Waals surface area contributed by atoms with Crippen LogP contribution >= 0.6 is 0 Å². The maximum atomic E-state index is 12.7. The van der Waals surface area contributed by atoms with Crippen LogP contribution in [0.25, 0.3) is 0 Å². The molecule has 1 amide bonds. The lowest BCUT2D eigenvalue weighted by atomic mass is 9.79. The monoisotopic (exact) mass is 265 g/mol. The molecule has 104 valence electrons. The Morgan fingerprint density at radius 2 is 2.00 bits per heavy atom. The van der Waals surface area contributed by atoms with E-state index in [1.807, 2.05) is 0 Å². The molecule has 1 heterocycles. The minimum absolute atomic E-state index is 0.0645. The van der Waals surface area contributed by atoms with Crippen LogP contribution in [0.15, 0.2) is 18.3 Å². The number of carbonyl (C=O) groups is 1. The molecule has 1 fully saturated rings. The van der Waals surface area contributed by atoms with Crippen molar-refractivity contribution in [3.05, 3.63) is 24.3 Å². The fourth-order valence-corrected chi connectivity index (χ4v) is 2.64. The molecule has 1 aliphatic rings. The Morgan fingerprint density at radius 1 is 1.32 bits per heavy atom. The van der Waals surface area contributed by atoms with Gasteiger partial charge in [-0.25, -0.2) is 4.98 Å². The number of aromatic nitrogens is 1. The highest BCUT2D eigenvalue weighted by Crippen LogP contribution is 2.35. The summed E-state index contributed by atoms with van der Waals surface area (Å²) in [5.41, 5.74) is 5.89. The predicted octanol–water partition coefficient (Wildman–Crippen LogP) is 2.46. The summed E-state index contributed by atoms with van der Waals surface area (Å²) in [6, 6.07) is 2.75. The fourth-order valence-electron chi connectivity index (χ4n) is 2.64. The minimum Gasteiger partial charge on any atom is -0.329 e. The van der Waals surface area contributed by atoms with E-state index >= 15 is 0 Å². The second-order valence-electron chi connectivity index (χ2n) is 5.22. The van der Waals surface area contributed by atoms with Gasteiger partial charge in [0.05, 0.1) is 17.3 Å². The molecule has 0 saturated heterocycles. The molecule has 0 spiro atoms. The number of pyridine rings is 1. The van der Waals surface area contributed by atoms with Gasteiger partial charge in [-0.3, -0.25) is 4.79 Å². The van der Waals surface area contributed by atoms with Crippen molar-refractivity contribution in [3.63, 3.8) is 0 Å². The van der Waals surface area contributed by atoms with Crippen molar-refractivity contribution < 1.29 is 9.18 Å². The smallest absolute Gasteiger partial charge is 0.231 e. The molecule has 0 radical (unpaired) electrons. The lowest BCUT2D eigenvalue weighted by molar-refractivity contribution is -0.125. The summed E-state index contributed by atoms with van der Waals surface area (Å²) in [5.74, 6) is -0.619. The minimum atomic E-state index is -0.555. The summed E-state index contributed by atoms with van der Waals surface area (Å²) in [4.78, 5) is 16.0. The normalized spacial score (nSPS) is 18.6. The van der Waals surface area contributed by atoms with Gasteiger partial charge < -0.3 is 11.1 Å². The quantitative estimate of drug-likeness (QED) is 0.651. The number of anilines is 1. The van der Waals surface area contributed by atoms with Gasteiger partial charge in [0.15, 0.2) is 0 Å². The number of nitrogens with one attached hydrogen (secondary N) is 1. The van der Waals surface area contributed by atoms with Gasteiger partial charge in [-0.1, -0.05) is 25.7 Å². The van der Waals surface area contributed by atoms with Gasteiger partial charge in [0, 0.05) is 6.54 Å². The zero-order chi connectivity index (χ0) is 13.7. The predicted molar refractivity (Wildman–Crippen MR) is 72.0 cm³/mol. The van der Waals surface area contributed by atoms with Gasteiger partial charge in [0.25, 0.3) is 0 Å². The largest absolute Gasteiger partial charge is 0.329 e. The summed E-state index contributed by atoms with van der Waals surface area (Å²) in [7, 11) is 0. The van der Waals surface area contributed by atoms with Crippen molar-refractivity contribution >= 4 is 11.6 Å². The van der Waals surface area contributed by atoms with Crippen LogP contribution in [-0.2, 0) is 4.79 Å². The molecule has 5 heteroatoms. The van der Waals surface area contributed by atoms with Crippen LogP contribution in [0.3, 0.4) is 0 Å². The molecular weight excluding hydrogens is 245 g/mol. The molecule has 1 aromatic heterocycles. The van der Waals surface area contributed by atoms with Crippen molar-refractivity contribution in [1.82, 2.24) is 4.98 Å². The zero-order valence-electron chi connectivity index (χ0n) is 11.0. The highest BCUT2D eigenvalue weighted by atomic mass is 19.1. The first kappa shape index (κ1) is 13.9. The summed E-state index contributed by atoms with van der Waals surface area (Å²) in [6.45, 7) is 0.355. The second kappa shape index (κ2) is 6.10. The molecule has 0 aliphatic heterocycles. The molecule has 0 unspecified atom stereocenters. The third-order valence-electron chi connectivity index (χ3n) is 3.92. The van der Waals surface area contributed by atoms with E-state index < -0.39 is 11.4 Å². The van der Waals surface area contributed by atoms with Crippen LogP contribution in [0.4, 0.5) is 10.1 Å².